The van der Waals surface area contributed by atoms with Gasteiger partial charge in [-0.15, -0.1) is 21.5 Å². The summed E-state index contributed by atoms with van der Waals surface area (Å²) in [6, 6.07) is 9.88. The van der Waals surface area contributed by atoms with Crippen LogP contribution in [0.1, 0.15) is 23.5 Å². The van der Waals surface area contributed by atoms with Crippen molar-refractivity contribution in [3.05, 3.63) is 52.6 Å². The van der Waals surface area contributed by atoms with Gasteiger partial charge in [0.1, 0.15) is 5.82 Å². The van der Waals surface area contributed by atoms with Crippen LogP contribution in [0.25, 0.3) is 5.82 Å². The summed E-state index contributed by atoms with van der Waals surface area (Å²) in [6.45, 7) is 5.30. The van der Waals surface area contributed by atoms with Crippen molar-refractivity contribution < 1.29 is 9.59 Å². The van der Waals surface area contributed by atoms with E-state index in [4.69, 9.17) is 0 Å². The zero-order chi connectivity index (χ0) is 23.3. The first-order valence-corrected chi connectivity index (χ1v) is 13.3. The fourth-order valence-electron chi connectivity index (χ4n) is 4.25. The predicted octanol–water partition coefficient (Wildman–Crippen LogP) is 2.28. The van der Waals surface area contributed by atoms with Gasteiger partial charge in [-0.05, 0) is 30.0 Å². The van der Waals surface area contributed by atoms with Crippen LogP contribution >= 0.6 is 23.1 Å². The molecule has 3 aromatic rings. The third-order valence-electron chi connectivity index (χ3n) is 6.09. The van der Waals surface area contributed by atoms with Crippen LogP contribution < -0.4 is 0 Å². The van der Waals surface area contributed by atoms with Gasteiger partial charge < -0.3 is 9.80 Å². The summed E-state index contributed by atoms with van der Waals surface area (Å²) in [7, 11) is 0. The second-order valence-electron chi connectivity index (χ2n) is 8.37. The molecule has 2 saturated heterocycles. The molecule has 0 unspecified atom stereocenters. The van der Waals surface area contributed by atoms with Gasteiger partial charge in [0.2, 0.25) is 11.8 Å². The number of aromatic nitrogens is 4. The number of hydrogen-bond acceptors (Lipinski definition) is 8. The molecule has 0 aliphatic carbocycles. The number of carbonyl (C=O) groups is 2. The molecule has 0 atom stereocenters. The minimum absolute atomic E-state index is 0.104. The van der Waals surface area contributed by atoms with E-state index in [9.17, 15) is 9.59 Å². The van der Waals surface area contributed by atoms with Crippen LogP contribution in [0.3, 0.4) is 0 Å². The molecular weight excluding hydrogens is 470 g/mol. The van der Waals surface area contributed by atoms with Gasteiger partial charge in [-0.2, -0.15) is 0 Å². The zero-order valence-corrected chi connectivity index (χ0v) is 20.5. The minimum atomic E-state index is 0.104. The number of thioether (sulfide) groups is 1. The number of rotatable bonds is 8. The van der Waals surface area contributed by atoms with Crippen LogP contribution in [0.5, 0.6) is 0 Å². The molecule has 2 aliphatic rings. The molecule has 0 saturated carbocycles. The number of thiophene rings is 1. The van der Waals surface area contributed by atoms with E-state index < -0.39 is 0 Å². The maximum atomic E-state index is 12.9. The lowest BCUT2D eigenvalue weighted by molar-refractivity contribution is -0.130. The summed E-state index contributed by atoms with van der Waals surface area (Å²) in [5.41, 5.74) is 0. The molecule has 2 aliphatic heterocycles. The van der Waals surface area contributed by atoms with Crippen molar-refractivity contribution in [2.45, 2.75) is 31.1 Å². The predicted molar refractivity (Wildman–Crippen MR) is 131 cm³/mol. The van der Waals surface area contributed by atoms with Gasteiger partial charge in [0.25, 0.3) is 0 Å². The quantitative estimate of drug-likeness (QED) is 0.441. The molecule has 0 radical (unpaired) electrons. The Balaban J connectivity index is 1.22. The van der Waals surface area contributed by atoms with E-state index >= 15 is 0 Å². The van der Waals surface area contributed by atoms with Crippen LogP contribution in [-0.4, -0.2) is 84.7 Å². The van der Waals surface area contributed by atoms with E-state index in [2.05, 4.69) is 37.6 Å². The zero-order valence-electron chi connectivity index (χ0n) is 18.9. The van der Waals surface area contributed by atoms with Gasteiger partial charge in [-0.25, -0.2) is 4.98 Å². The number of pyridine rings is 1. The van der Waals surface area contributed by atoms with Crippen molar-refractivity contribution in [2.75, 3.05) is 38.5 Å². The Morgan fingerprint density at radius 2 is 1.91 bits per heavy atom. The van der Waals surface area contributed by atoms with Crippen molar-refractivity contribution >= 4 is 34.9 Å². The van der Waals surface area contributed by atoms with Crippen LogP contribution in [-0.2, 0) is 22.7 Å². The second kappa shape index (κ2) is 10.7. The van der Waals surface area contributed by atoms with Crippen LogP contribution in [0, 0.1) is 0 Å². The topological polar surface area (TPSA) is 87.5 Å². The summed E-state index contributed by atoms with van der Waals surface area (Å²) in [5.74, 6) is 1.88. The molecular formula is C23H27N7O2S2. The standard InChI is InChI=1S/C23H27N7O2S2/c31-21-7-3-9-29(21)16-20-25-26-23(30(20)19-6-1-2-8-24-19)34-17-22(32)28-12-10-27(11-13-28)15-18-5-4-14-33-18/h1-2,4-6,8,14H,3,7,9-13,15-17H2. The van der Waals surface area contributed by atoms with Gasteiger partial charge in [0.05, 0.1) is 12.3 Å². The highest BCUT2D eigenvalue weighted by Crippen LogP contribution is 2.24. The van der Waals surface area contributed by atoms with E-state index in [1.165, 1.54) is 16.6 Å². The highest BCUT2D eigenvalue weighted by atomic mass is 32.2. The fourth-order valence-corrected chi connectivity index (χ4v) is 5.86. The van der Waals surface area contributed by atoms with E-state index in [0.717, 1.165) is 45.7 Å². The van der Waals surface area contributed by atoms with Crippen molar-refractivity contribution in [1.82, 2.24) is 34.4 Å². The van der Waals surface area contributed by atoms with Crippen LogP contribution in [0.15, 0.2) is 47.1 Å². The summed E-state index contributed by atoms with van der Waals surface area (Å²) >= 11 is 3.14. The van der Waals surface area contributed by atoms with Crippen LogP contribution in [0.4, 0.5) is 0 Å². The van der Waals surface area contributed by atoms with Gasteiger partial charge in [-0.3, -0.25) is 19.1 Å². The Hall–Kier alpha value is -2.76. The van der Waals surface area contributed by atoms with E-state index in [1.54, 1.807) is 22.4 Å². The second-order valence-corrected chi connectivity index (χ2v) is 10.3. The fraction of sp³-hybridized carbons (Fsp3) is 0.435. The Morgan fingerprint density at radius 3 is 2.62 bits per heavy atom. The van der Waals surface area contributed by atoms with Gasteiger partial charge in [0, 0.05) is 56.8 Å². The van der Waals surface area contributed by atoms with Crippen molar-refractivity contribution in [1.29, 1.82) is 0 Å². The molecule has 2 fully saturated rings. The van der Waals surface area contributed by atoms with Gasteiger partial charge in [0.15, 0.2) is 11.0 Å². The molecule has 34 heavy (non-hydrogen) atoms. The smallest absolute Gasteiger partial charge is 0.233 e. The highest BCUT2D eigenvalue weighted by molar-refractivity contribution is 7.99. The van der Waals surface area contributed by atoms with Crippen LogP contribution in [0.2, 0.25) is 0 Å². The molecule has 11 heteroatoms. The summed E-state index contributed by atoms with van der Waals surface area (Å²) in [5, 5.41) is 11.4. The summed E-state index contributed by atoms with van der Waals surface area (Å²) in [6.07, 6.45) is 3.16. The monoisotopic (exact) mass is 497 g/mol. The number of likely N-dealkylation sites (tertiary alicyclic amines) is 1. The summed E-state index contributed by atoms with van der Waals surface area (Å²) in [4.78, 5) is 37.0. The Morgan fingerprint density at radius 1 is 1.03 bits per heavy atom. The SMILES string of the molecule is O=C(CSc1nnc(CN2CCCC2=O)n1-c1ccccn1)N1CCN(Cc2cccs2)CC1. The maximum absolute atomic E-state index is 12.9. The minimum Gasteiger partial charge on any atom is -0.339 e. The average molecular weight is 498 g/mol. The lowest BCUT2D eigenvalue weighted by Gasteiger charge is -2.34. The largest absolute Gasteiger partial charge is 0.339 e. The van der Waals surface area contributed by atoms with E-state index in [1.807, 2.05) is 27.7 Å². The van der Waals surface area contributed by atoms with Crippen molar-refractivity contribution in [3.8, 4) is 5.82 Å². The van der Waals surface area contributed by atoms with E-state index in [-0.39, 0.29) is 11.8 Å². The normalized spacial score (nSPS) is 17.0. The molecule has 0 spiro atoms. The molecule has 3 aromatic heterocycles. The highest BCUT2D eigenvalue weighted by Gasteiger charge is 2.26. The number of amides is 2. The number of nitrogens with zero attached hydrogens (tertiary/aromatic N) is 7. The third kappa shape index (κ3) is 5.31. The van der Waals surface area contributed by atoms with Gasteiger partial charge >= 0.3 is 0 Å². The third-order valence-corrected chi connectivity index (χ3v) is 7.87. The Labute approximate surface area is 206 Å². The average Bonchev–Trinajstić information content (AvgIpc) is 3.61. The molecule has 0 aromatic carbocycles. The molecule has 9 nitrogen and oxygen atoms in total. The Kier molecular flexibility index (Phi) is 7.21. The molecule has 5 rings (SSSR count). The number of hydrogen-bond donors (Lipinski definition) is 0. The first-order valence-electron chi connectivity index (χ1n) is 11.5. The van der Waals surface area contributed by atoms with Gasteiger partial charge in [-0.1, -0.05) is 23.9 Å². The molecule has 178 valence electrons. The molecule has 5 heterocycles. The lowest BCUT2D eigenvalue weighted by atomic mass is 10.3. The molecule has 0 N–H and O–H groups in total. The molecule has 0 bridgehead atoms. The number of carbonyl (C=O) groups excluding carboxylic acids is 2. The first kappa shape index (κ1) is 23.0. The Bertz CT molecular complexity index is 1110. The number of piperazine rings is 1. The van der Waals surface area contributed by atoms with Crippen molar-refractivity contribution in [2.24, 2.45) is 0 Å². The maximum Gasteiger partial charge on any atom is 0.233 e. The van der Waals surface area contributed by atoms with E-state index in [0.29, 0.717) is 35.5 Å². The first-order chi connectivity index (χ1) is 16.7. The van der Waals surface area contributed by atoms with Crippen molar-refractivity contribution in [3.63, 3.8) is 0 Å². The summed E-state index contributed by atoms with van der Waals surface area (Å²) < 4.78 is 1.86. The molecule has 2 amide bonds. The lowest BCUT2D eigenvalue weighted by Crippen LogP contribution is -2.48.